The highest BCUT2D eigenvalue weighted by Crippen LogP contribution is 2.41. The van der Waals surface area contributed by atoms with E-state index in [1.807, 2.05) is 20.8 Å². The number of ether oxygens (including phenoxy) is 1. The van der Waals surface area contributed by atoms with Gasteiger partial charge in [0.1, 0.15) is 18.3 Å². The van der Waals surface area contributed by atoms with Crippen LogP contribution >= 0.6 is 0 Å². The van der Waals surface area contributed by atoms with Crippen molar-refractivity contribution < 1.29 is 20.1 Å². The molecule has 2 bridgehead atoms. The maximum Gasteiger partial charge on any atom is 0.111 e. The minimum atomic E-state index is -1.10. The summed E-state index contributed by atoms with van der Waals surface area (Å²) in [7, 11) is 0. The zero-order chi connectivity index (χ0) is 25.6. The van der Waals surface area contributed by atoms with Crippen LogP contribution < -0.4 is 5.32 Å². The molecule has 1 saturated carbocycles. The van der Waals surface area contributed by atoms with Crippen LogP contribution in [0.25, 0.3) is 0 Å². The van der Waals surface area contributed by atoms with Gasteiger partial charge < -0.3 is 25.4 Å². The molecule has 3 heterocycles. The topological polar surface area (TPSA) is 82.0 Å². The lowest BCUT2D eigenvalue weighted by Gasteiger charge is -2.42. The summed E-state index contributed by atoms with van der Waals surface area (Å²) in [6.45, 7) is 17.6. The zero-order valence-corrected chi connectivity index (χ0v) is 23.5. The smallest absolute Gasteiger partial charge is 0.111 e. The molecule has 202 valence electrons. The number of nitrogens with one attached hydrogen (secondary N) is 1. The summed E-state index contributed by atoms with van der Waals surface area (Å²) in [6.07, 6.45) is 8.46. The van der Waals surface area contributed by atoms with Gasteiger partial charge in [-0.2, -0.15) is 0 Å². The highest BCUT2D eigenvalue weighted by atomic mass is 16.5. The van der Waals surface area contributed by atoms with Gasteiger partial charge in [0, 0.05) is 12.1 Å². The first kappa shape index (κ1) is 30.0. The monoisotopic (exact) mass is 483 g/mol. The van der Waals surface area contributed by atoms with E-state index in [4.69, 9.17) is 4.74 Å². The molecule has 4 N–H and O–H groups in total. The number of rotatable bonds is 4. The third-order valence-corrected chi connectivity index (χ3v) is 9.40. The van der Waals surface area contributed by atoms with Crippen LogP contribution in [0, 0.1) is 29.1 Å². The lowest BCUT2D eigenvalue weighted by Crippen LogP contribution is -2.58. The molecular formula is C29H57NO4. The fraction of sp³-hybridized carbons (Fsp3) is 1.00. The van der Waals surface area contributed by atoms with Crippen LogP contribution in [-0.2, 0) is 4.74 Å². The van der Waals surface area contributed by atoms with Crippen LogP contribution in [0.3, 0.4) is 0 Å². The van der Waals surface area contributed by atoms with E-state index in [-0.39, 0.29) is 12.0 Å². The standard InChI is InChI=1S/C10H20O4.C10H20.C9H17N/c1-4-6-7(11)8(12)9(13)10(14-6)5(2)3;1-9(2)10(3)7-5-4-6-8-10;1-6(2)8-5-7-3-4-9(8)10-7/h5-13H,4H2,1-3H3;9H,4-8H2,1-3H3;6-10H,3-5H2,1-2H3. The predicted octanol–water partition coefficient (Wildman–Crippen LogP) is 5.30. The Morgan fingerprint density at radius 3 is 1.82 bits per heavy atom. The normalized spacial score (nSPS) is 39.0. The molecule has 0 amide bonds. The largest absolute Gasteiger partial charge is 0.388 e. The molecule has 4 fully saturated rings. The van der Waals surface area contributed by atoms with Crippen molar-refractivity contribution in [1.82, 2.24) is 5.32 Å². The molecule has 5 nitrogen and oxygen atoms in total. The van der Waals surface area contributed by atoms with Gasteiger partial charge >= 0.3 is 0 Å². The van der Waals surface area contributed by atoms with Crippen molar-refractivity contribution in [2.24, 2.45) is 29.1 Å². The first-order valence-corrected chi connectivity index (χ1v) is 14.4. The second-order valence-electron chi connectivity index (χ2n) is 12.8. The second kappa shape index (κ2) is 13.4. The van der Waals surface area contributed by atoms with E-state index in [1.165, 1.54) is 51.4 Å². The van der Waals surface area contributed by atoms with Crippen LogP contribution in [-0.4, -0.2) is 57.9 Å². The van der Waals surface area contributed by atoms with Crippen molar-refractivity contribution in [3.05, 3.63) is 0 Å². The van der Waals surface area contributed by atoms with Gasteiger partial charge in [0.25, 0.3) is 0 Å². The Bertz CT molecular complexity index is 572. The zero-order valence-electron chi connectivity index (χ0n) is 23.5. The second-order valence-corrected chi connectivity index (χ2v) is 12.8. The van der Waals surface area contributed by atoms with E-state index in [9.17, 15) is 15.3 Å². The molecule has 5 heteroatoms. The lowest BCUT2D eigenvalue weighted by atomic mass is 9.69. The van der Waals surface area contributed by atoms with Crippen LogP contribution in [0.1, 0.15) is 113 Å². The summed E-state index contributed by atoms with van der Waals surface area (Å²) < 4.78 is 5.53. The highest BCUT2D eigenvalue weighted by molar-refractivity contribution is 4.98. The Morgan fingerprint density at radius 1 is 0.853 bits per heavy atom. The summed E-state index contributed by atoms with van der Waals surface area (Å²) in [5.41, 5.74) is 0.679. The van der Waals surface area contributed by atoms with Gasteiger partial charge in [-0.15, -0.1) is 0 Å². The van der Waals surface area contributed by atoms with Crippen LogP contribution in [0.5, 0.6) is 0 Å². The summed E-state index contributed by atoms with van der Waals surface area (Å²) >= 11 is 0. The van der Waals surface area contributed by atoms with E-state index in [0.717, 1.165) is 29.8 Å². The maximum atomic E-state index is 9.66. The Labute approximate surface area is 210 Å². The number of aliphatic hydroxyl groups is 3. The van der Waals surface area contributed by atoms with Crippen molar-refractivity contribution in [2.45, 2.75) is 156 Å². The quantitative estimate of drug-likeness (QED) is 0.436. The fourth-order valence-electron chi connectivity index (χ4n) is 6.41. The van der Waals surface area contributed by atoms with Crippen molar-refractivity contribution in [3.63, 3.8) is 0 Å². The lowest BCUT2D eigenvalue weighted by molar-refractivity contribution is -0.232. The van der Waals surface area contributed by atoms with Crippen molar-refractivity contribution in [2.75, 3.05) is 0 Å². The molecule has 4 aliphatic rings. The Kier molecular flexibility index (Phi) is 11.8. The van der Waals surface area contributed by atoms with Gasteiger partial charge in [-0.25, -0.2) is 0 Å². The molecule has 4 rings (SSSR count). The molecule has 0 aromatic rings. The Morgan fingerprint density at radius 2 is 1.47 bits per heavy atom. The van der Waals surface area contributed by atoms with E-state index < -0.39 is 24.4 Å². The van der Waals surface area contributed by atoms with E-state index in [2.05, 4.69) is 39.9 Å². The molecule has 0 spiro atoms. The number of aliphatic hydroxyl groups excluding tert-OH is 3. The molecule has 0 aromatic heterocycles. The number of hydrogen-bond donors (Lipinski definition) is 4. The van der Waals surface area contributed by atoms with Gasteiger partial charge in [0.15, 0.2) is 0 Å². The van der Waals surface area contributed by atoms with Gasteiger partial charge in [0.05, 0.1) is 12.2 Å². The minimum absolute atomic E-state index is 0.126. The molecule has 34 heavy (non-hydrogen) atoms. The fourth-order valence-corrected chi connectivity index (χ4v) is 6.41. The van der Waals surface area contributed by atoms with Crippen LogP contribution in [0.4, 0.5) is 0 Å². The van der Waals surface area contributed by atoms with Gasteiger partial charge in [-0.05, 0) is 67.6 Å². The highest BCUT2D eigenvalue weighted by Gasteiger charge is 2.43. The average Bonchev–Trinajstić information content (AvgIpc) is 3.43. The van der Waals surface area contributed by atoms with Gasteiger partial charge in [-0.1, -0.05) is 74.7 Å². The third-order valence-electron chi connectivity index (χ3n) is 9.40. The Balaban J connectivity index is 0.000000184. The van der Waals surface area contributed by atoms with Crippen LogP contribution in [0.15, 0.2) is 0 Å². The summed E-state index contributed by atoms with van der Waals surface area (Å²) in [5.74, 6) is 2.88. The molecule has 0 radical (unpaired) electrons. The van der Waals surface area contributed by atoms with Crippen LogP contribution in [0.2, 0.25) is 0 Å². The SMILES string of the molecule is CC(C)C1(C)CCCCC1.CC(C)C1CC2CCC1N2.CCC1OC(C(C)C)C(O)C(O)C1O. The number of fused-ring (bicyclic) bond motifs is 2. The number of hydrogen-bond acceptors (Lipinski definition) is 5. The molecule has 0 aromatic carbocycles. The first-order chi connectivity index (χ1) is 15.9. The molecule has 1 aliphatic carbocycles. The van der Waals surface area contributed by atoms with Gasteiger partial charge in [-0.3, -0.25) is 0 Å². The molecule has 8 atom stereocenters. The minimum Gasteiger partial charge on any atom is -0.388 e. The Hall–Kier alpha value is -0.200. The van der Waals surface area contributed by atoms with Crippen molar-refractivity contribution >= 4 is 0 Å². The third kappa shape index (κ3) is 7.65. The molecule has 3 aliphatic heterocycles. The summed E-state index contributed by atoms with van der Waals surface area (Å²) in [5, 5.41) is 32.5. The molecular weight excluding hydrogens is 426 g/mol. The van der Waals surface area contributed by atoms with E-state index in [1.54, 1.807) is 0 Å². The predicted molar refractivity (Wildman–Crippen MR) is 141 cm³/mol. The van der Waals surface area contributed by atoms with Crippen molar-refractivity contribution in [1.29, 1.82) is 0 Å². The summed E-state index contributed by atoms with van der Waals surface area (Å²) in [4.78, 5) is 0. The maximum absolute atomic E-state index is 9.66. The first-order valence-electron chi connectivity index (χ1n) is 14.4. The molecule has 3 saturated heterocycles. The average molecular weight is 484 g/mol. The molecule has 8 unspecified atom stereocenters. The van der Waals surface area contributed by atoms with E-state index in [0.29, 0.717) is 11.8 Å². The van der Waals surface area contributed by atoms with Gasteiger partial charge in [0.2, 0.25) is 0 Å². The van der Waals surface area contributed by atoms with Crippen molar-refractivity contribution in [3.8, 4) is 0 Å². The van der Waals surface area contributed by atoms with E-state index >= 15 is 0 Å². The summed E-state index contributed by atoms with van der Waals surface area (Å²) in [6, 6.07) is 1.77.